The van der Waals surface area contributed by atoms with E-state index in [0.717, 1.165) is 45.4 Å². The van der Waals surface area contributed by atoms with Crippen LogP contribution in [0.1, 0.15) is 39.5 Å². The molecule has 0 saturated carbocycles. The van der Waals surface area contributed by atoms with E-state index >= 15 is 0 Å². The second-order valence-corrected chi connectivity index (χ2v) is 10.1. The smallest absolute Gasteiger partial charge is 0.243 e. The third-order valence-corrected chi connectivity index (χ3v) is 8.03. The van der Waals surface area contributed by atoms with E-state index in [1.165, 1.54) is 0 Å². The first-order chi connectivity index (χ1) is 13.4. The van der Waals surface area contributed by atoms with Gasteiger partial charge in [-0.05, 0) is 51.2 Å². The first-order valence-corrected chi connectivity index (χ1v) is 11.9. The summed E-state index contributed by atoms with van der Waals surface area (Å²) in [5.41, 5.74) is 0. The summed E-state index contributed by atoms with van der Waals surface area (Å²) in [6.45, 7) is 9.05. The third kappa shape index (κ3) is 5.13. The van der Waals surface area contributed by atoms with Crippen molar-refractivity contribution in [3.05, 3.63) is 30.3 Å². The van der Waals surface area contributed by atoms with Crippen LogP contribution >= 0.6 is 0 Å². The maximum Gasteiger partial charge on any atom is 0.243 e. The topological polar surface area (TPSA) is 60.9 Å². The van der Waals surface area contributed by atoms with Gasteiger partial charge in [0.15, 0.2) is 0 Å². The SMILES string of the molecule is CC(C)N1CCN(C(=O)CCC2CCN(S(=O)(=O)c3ccccc3)CC2)CC1. The number of rotatable bonds is 6. The second kappa shape index (κ2) is 9.37. The third-order valence-electron chi connectivity index (χ3n) is 6.12. The van der Waals surface area contributed by atoms with E-state index in [2.05, 4.69) is 18.7 Å². The lowest BCUT2D eigenvalue weighted by atomic mass is 9.93. The Morgan fingerprint density at radius 3 is 2.18 bits per heavy atom. The molecular weight excluding hydrogens is 374 g/mol. The summed E-state index contributed by atoms with van der Waals surface area (Å²) in [4.78, 5) is 17.3. The van der Waals surface area contributed by atoms with Gasteiger partial charge in [0.2, 0.25) is 15.9 Å². The molecular formula is C21H33N3O3S. The van der Waals surface area contributed by atoms with Crippen molar-refractivity contribution in [1.82, 2.24) is 14.1 Å². The number of piperazine rings is 1. The molecule has 0 N–H and O–H groups in total. The molecule has 2 heterocycles. The molecule has 0 radical (unpaired) electrons. The number of carbonyl (C=O) groups excluding carboxylic acids is 1. The number of carbonyl (C=O) groups is 1. The van der Waals surface area contributed by atoms with Crippen LogP contribution in [0, 0.1) is 5.92 Å². The lowest BCUT2D eigenvalue weighted by Crippen LogP contribution is -2.50. The Bertz CT molecular complexity index is 735. The maximum absolute atomic E-state index is 12.7. The highest BCUT2D eigenvalue weighted by molar-refractivity contribution is 7.89. The molecule has 2 fully saturated rings. The zero-order chi connectivity index (χ0) is 20.1. The largest absolute Gasteiger partial charge is 0.340 e. The fourth-order valence-corrected chi connectivity index (χ4v) is 5.64. The maximum atomic E-state index is 12.7. The molecule has 0 bridgehead atoms. The van der Waals surface area contributed by atoms with E-state index in [9.17, 15) is 13.2 Å². The van der Waals surface area contributed by atoms with Crippen molar-refractivity contribution < 1.29 is 13.2 Å². The first kappa shape index (κ1) is 21.3. The number of sulfonamides is 1. The summed E-state index contributed by atoms with van der Waals surface area (Å²) in [6, 6.07) is 9.18. The molecule has 2 aliphatic heterocycles. The summed E-state index contributed by atoms with van der Waals surface area (Å²) >= 11 is 0. The number of nitrogens with zero attached hydrogens (tertiary/aromatic N) is 3. The van der Waals surface area contributed by atoms with Gasteiger partial charge in [-0.25, -0.2) is 8.42 Å². The molecule has 0 aromatic heterocycles. The Kier molecular flexibility index (Phi) is 7.12. The van der Waals surface area contributed by atoms with Crippen LogP contribution in [0.4, 0.5) is 0 Å². The Morgan fingerprint density at radius 2 is 1.61 bits per heavy atom. The Balaban J connectivity index is 1.42. The molecule has 3 rings (SSSR count). The number of hydrogen-bond donors (Lipinski definition) is 0. The molecule has 0 unspecified atom stereocenters. The molecule has 28 heavy (non-hydrogen) atoms. The lowest BCUT2D eigenvalue weighted by molar-refractivity contribution is -0.133. The van der Waals surface area contributed by atoms with Crippen molar-refractivity contribution >= 4 is 15.9 Å². The van der Waals surface area contributed by atoms with Crippen molar-refractivity contribution in [3.63, 3.8) is 0 Å². The quantitative estimate of drug-likeness (QED) is 0.727. The van der Waals surface area contributed by atoms with Gasteiger partial charge in [-0.2, -0.15) is 4.31 Å². The van der Waals surface area contributed by atoms with Crippen LogP contribution in [-0.4, -0.2) is 73.7 Å². The van der Waals surface area contributed by atoms with E-state index in [-0.39, 0.29) is 5.91 Å². The van der Waals surface area contributed by atoms with Gasteiger partial charge in [-0.15, -0.1) is 0 Å². The predicted octanol–water partition coefficient (Wildman–Crippen LogP) is 2.42. The minimum Gasteiger partial charge on any atom is -0.340 e. The van der Waals surface area contributed by atoms with Gasteiger partial charge in [0.1, 0.15) is 0 Å². The molecule has 6 nitrogen and oxygen atoms in total. The lowest BCUT2D eigenvalue weighted by Gasteiger charge is -2.37. The van der Waals surface area contributed by atoms with Crippen molar-refractivity contribution in [2.45, 2.75) is 50.5 Å². The molecule has 1 aromatic carbocycles. The summed E-state index contributed by atoms with van der Waals surface area (Å²) in [7, 11) is -3.39. The molecule has 1 aromatic rings. The zero-order valence-corrected chi connectivity index (χ0v) is 17.9. The van der Waals surface area contributed by atoms with Gasteiger partial charge in [-0.1, -0.05) is 18.2 Å². The Labute approximate surface area is 169 Å². The average Bonchev–Trinajstić information content (AvgIpc) is 2.73. The minimum absolute atomic E-state index is 0.253. The summed E-state index contributed by atoms with van der Waals surface area (Å²) in [5.74, 6) is 0.686. The number of benzene rings is 1. The normalized spacial score (nSPS) is 20.6. The highest BCUT2D eigenvalue weighted by Gasteiger charge is 2.30. The number of piperidine rings is 1. The van der Waals surface area contributed by atoms with E-state index in [4.69, 9.17) is 0 Å². The molecule has 2 saturated heterocycles. The first-order valence-electron chi connectivity index (χ1n) is 10.4. The van der Waals surface area contributed by atoms with Crippen LogP contribution < -0.4 is 0 Å². The highest BCUT2D eigenvalue weighted by Crippen LogP contribution is 2.26. The van der Waals surface area contributed by atoms with Gasteiger partial charge >= 0.3 is 0 Å². The van der Waals surface area contributed by atoms with E-state index in [1.54, 1.807) is 28.6 Å². The van der Waals surface area contributed by atoms with E-state index < -0.39 is 10.0 Å². The Morgan fingerprint density at radius 1 is 1.00 bits per heavy atom. The molecule has 7 heteroatoms. The fourth-order valence-electron chi connectivity index (χ4n) is 4.15. The predicted molar refractivity (Wildman–Crippen MR) is 110 cm³/mol. The fraction of sp³-hybridized carbons (Fsp3) is 0.667. The van der Waals surface area contributed by atoms with Gasteiger partial charge in [0, 0.05) is 51.7 Å². The molecule has 0 aliphatic carbocycles. The van der Waals surface area contributed by atoms with Crippen LogP contribution in [0.2, 0.25) is 0 Å². The summed E-state index contributed by atoms with van der Waals surface area (Å²) in [6.07, 6.45) is 3.11. The standard InChI is InChI=1S/C21H33N3O3S/c1-18(2)22-14-16-23(17-15-22)21(25)9-8-19-10-12-24(13-11-19)28(26,27)20-6-4-3-5-7-20/h3-7,18-19H,8-17H2,1-2H3. The number of hydrogen-bond acceptors (Lipinski definition) is 4. The van der Waals surface area contributed by atoms with Gasteiger partial charge in [0.05, 0.1) is 4.90 Å². The molecule has 1 amide bonds. The monoisotopic (exact) mass is 407 g/mol. The summed E-state index contributed by atoms with van der Waals surface area (Å²) < 4.78 is 27.0. The van der Waals surface area contributed by atoms with Crippen molar-refractivity contribution in [2.75, 3.05) is 39.3 Å². The van der Waals surface area contributed by atoms with Crippen LogP contribution in [-0.2, 0) is 14.8 Å². The second-order valence-electron chi connectivity index (χ2n) is 8.21. The van der Waals surface area contributed by atoms with Crippen LogP contribution in [0.25, 0.3) is 0 Å². The molecule has 0 atom stereocenters. The van der Waals surface area contributed by atoms with Crippen LogP contribution in [0.5, 0.6) is 0 Å². The van der Waals surface area contributed by atoms with Gasteiger partial charge < -0.3 is 4.90 Å². The van der Waals surface area contributed by atoms with Crippen LogP contribution in [0.15, 0.2) is 35.2 Å². The molecule has 156 valence electrons. The molecule has 0 spiro atoms. The summed E-state index contributed by atoms with van der Waals surface area (Å²) in [5, 5.41) is 0. The number of amides is 1. The average molecular weight is 408 g/mol. The zero-order valence-electron chi connectivity index (χ0n) is 17.1. The van der Waals surface area contributed by atoms with E-state index in [0.29, 0.717) is 36.4 Å². The van der Waals surface area contributed by atoms with E-state index in [1.807, 2.05) is 11.0 Å². The molecule has 2 aliphatic rings. The van der Waals surface area contributed by atoms with Crippen LogP contribution in [0.3, 0.4) is 0 Å². The van der Waals surface area contributed by atoms with Gasteiger partial charge in [-0.3, -0.25) is 9.69 Å². The Hall–Kier alpha value is -1.44. The minimum atomic E-state index is -3.39. The van der Waals surface area contributed by atoms with Crippen molar-refractivity contribution in [3.8, 4) is 0 Å². The highest BCUT2D eigenvalue weighted by atomic mass is 32.2. The van der Waals surface area contributed by atoms with Gasteiger partial charge in [0.25, 0.3) is 0 Å². The van der Waals surface area contributed by atoms with Crippen molar-refractivity contribution in [1.29, 1.82) is 0 Å². The van der Waals surface area contributed by atoms with Crippen molar-refractivity contribution in [2.24, 2.45) is 5.92 Å².